The Morgan fingerprint density at radius 2 is 1.86 bits per heavy atom. The van der Waals surface area contributed by atoms with E-state index in [9.17, 15) is 0 Å². The van der Waals surface area contributed by atoms with Crippen molar-refractivity contribution in [3.05, 3.63) is 58.6 Å². The van der Waals surface area contributed by atoms with Crippen LogP contribution < -0.4 is 10.5 Å². The van der Waals surface area contributed by atoms with E-state index in [1.54, 1.807) is 7.11 Å². The summed E-state index contributed by atoms with van der Waals surface area (Å²) in [5.41, 5.74) is 8.99. The normalized spacial score (nSPS) is 12.4. The zero-order chi connectivity index (χ0) is 15.4. The second-order valence-electron chi connectivity index (χ2n) is 5.26. The number of hydrogen-bond acceptors (Lipinski definition) is 3. The average molecular weight is 305 g/mol. The SMILES string of the molecule is COc1cc(N)cc(CN(C)C(C)c2ccc(Cl)cc2)c1. The van der Waals surface area contributed by atoms with E-state index in [0.717, 1.165) is 28.6 Å². The van der Waals surface area contributed by atoms with E-state index in [1.807, 2.05) is 30.3 Å². The van der Waals surface area contributed by atoms with Crippen molar-refractivity contribution in [2.75, 3.05) is 19.9 Å². The van der Waals surface area contributed by atoms with Crippen LogP contribution in [0.25, 0.3) is 0 Å². The molecule has 0 spiro atoms. The predicted octanol–water partition coefficient (Wildman–Crippen LogP) is 4.12. The molecular formula is C17H21ClN2O. The molecule has 0 amide bonds. The van der Waals surface area contributed by atoms with Crippen LogP contribution in [0.3, 0.4) is 0 Å². The zero-order valence-corrected chi connectivity index (χ0v) is 13.4. The van der Waals surface area contributed by atoms with Gasteiger partial charge in [0.25, 0.3) is 0 Å². The van der Waals surface area contributed by atoms with Gasteiger partial charge in [-0.25, -0.2) is 0 Å². The maximum absolute atomic E-state index is 5.94. The lowest BCUT2D eigenvalue weighted by atomic mass is 10.1. The summed E-state index contributed by atoms with van der Waals surface area (Å²) in [6, 6.07) is 14.1. The molecule has 0 aliphatic heterocycles. The molecule has 3 nitrogen and oxygen atoms in total. The summed E-state index contributed by atoms with van der Waals surface area (Å²) in [5.74, 6) is 0.789. The van der Waals surface area contributed by atoms with E-state index in [0.29, 0.717) is 0 Å². The van der Waals surface area contributed by atoms with Crippen molar-refractivity contribution in [2.45, 2.75) is 19.5 Å². The van der Waals surface area contributed by atoms with Crippen LogP contribution in [0.1, 0.15) is 24.1 Å². The highest BCUT2D eigenvalue weighted by molar-refractivity contribution is 6.30. The van der Waals surface area contributed by atoms with Crippen LogP contribution in [0, 0.1) is 0 Å². The van der Waals surface area contributed by atoms with Gasteiger partial charge in [-0.2, -0.15) is 0 Å². The molecule has 1 atom stereocenters. The standard InChI is InChI=1S/C17H21ClN2O/c1-12(14-4-6-15(18)7-5-14)20(2)11-13-8-16(19)10-17(9-13)21-3/h4-10,12H,11,19H2,1-3H3. The van der Waals surface area contributed by atoms with Gasteiger partial charge in [-0.1, -0.05) is 23.7 Å². The van der Waals surface area contributed by atoms with Gasteiger partial charge in [-0.3, -0.25) is 4.90 Å². The molecule has 0 saturated heterocycles. The fourth-order valence-electron chi connectivity index (χ4n) is 2.32. The summed E-state index contributed by atoms with van der Waals surface area (Å²) in [6.07, 6.45) is 0. The first-order chi connectivity index (χ1) is 9.99. The molecule has 0 fully saturated rings. The molecule has 0 heterocycles. The Balaban J connectivity index is 2.11. The van der Waals surface area contributed by atoms with Gasteiger partial charge >= 0.3 is 0 Å². The van der Waals surface area contributed by atoms with Gasteiger partial charge in [-0.05, 0) is 49.4 Å². The van der Waals surface area contributed by atoms with Gasteiger partial charge in [0.05, 0.1) is 7.11 Å². The Labute approximate surface area is 131 Å². The molecule has 0 bridgehead atoms. The van der Waals surface area contributed by atoms with E-state index in [1.165, 1.54) is 5.56 Å². The smallest absolute Gasteiger partial charge is 0.121 e. The minimum absolute atomic E-state index is 0.287. The quantitative estimate of drug-likeness (QED) is 0.844. The van der Waals surface area contributed by atoms with Crippen molar-refractivity contribution >= 4 is 17.3 Å². The minimum atomic E-state index is 0.287. The number of ether oxygens (including phenoxy) is 1. The van der Waals surface area contributed by atoms with E-state index in [-0.39, 0.29) is 6.04 Å². The van der Waals surface area contributed by atoms with Crippen LogP contribution in [0.15, 0.2) is 42.5 Å². The lowest BCUT2D eigenvalue weighted by molar-refractivity contribution is 0.253. The number of halogens is 1. The molecule has 2 N–H and O–H groups in total. The summed E-state index contributed by atoms with van der Waals surface area (Å²) in [7, 11) is 3.74. The predicted molar refractivity (Wildman–Crippen MR) is 88.7 cm³/mol. The third-order valence-corrected chi connectivity index (χ3v) is 3.92. The van der Waals surface area contributed by atoms with Gasteiger partial charge in [0, 0.05) is 29.4 Å². The number of methoxy groups -OCH3 is 1. The van der Waals surface area contributed by atoms with E-state index in [2.05, 4.69) is 31.0 Å². The molecule has 0 saturated carbocycles. The molecule has 0 aliphatic carbocycles. The number of benzene rings is 2. The van der Waals surface area contributed by atoms with Gasteiger partial charge < -0.3 is 10.5 Å². The van der Waals surface area contributed by atoms with Crippen molar-refractivity contribution in [3.63, 3.8) is 0 Å². The monoisotopic (exact) mass is 304 g/mol. The van der Waals surface area contributed by atoms with Crippen LogP contribution in [0.4, 0.5) is 5.69 Å². The Bertz CT molecular complexity index is 598. The molecule has 2 aromatic rings. The lowest BCUT2D eigenvalue weighted by Crippen LogP contribution is -2.22. The molecule has 1 unspecified atom stereocenters. The number of rotatable bonds is 5. The van der Waals surface area contributed by atoms with Crippen molar-refractivity contribution in [3.8, 4) is 5.75 Å². The van der Waals surface area contributed by atoms with Crippen molar-refractivity contribution in [1.82, 2.24) is 4.90 Å². The van der Waals surface area contributed by atoms with Gasteiger partial charge in [0.1, 0.15) is 5.75 Å². The molecule has 21 heavy (non-hydrogen) atoms. The Morgan fingerprint density at radius 1 is 1.19 bits per heavy atom. The van der Waals surface area contributed by atoms with Crippen LogP contribution in [0.5, 0.6) is 5.75 Å². The van der Waals surface area contributed by atoms with Gasteiger partial charge in [-0.15, -0.1) is 0 Å². The zero-order valence-electron chi connectivity index (χ0n) is 12.6. The first-order valence-corrected chi connectivity index (χ1v) is 7.26. The number of nitrogen functional groups attached to an aromatic ring is 1. The fraction of sp³-hybridized carbons (Fsp3) is 0.294. The summed E-state index contributed by atoms with van der Waals surface area (Å²) in [6.45, 7) is 2.97. The van der Waals surface area contributed by atoms with Crippen molar-refractivity contribution in [2.24, 2.45) is 0 Å². The van der Waals surface area contributed by atoms with Crippen LogP contribution >= 0.6 is 11.6 Å². The summed E-state index contributed by atoms with van der Waals surface area (Å²) in [4.78, 5) is 2.26. The molecule has 2 aromatic carbocycles. The molecule has 112 valence electrons. The number of nitrogens with two attached hydrogens (primary N) is 1. The second-order valence-corrected chi connectivity index (χ2v) is 5.69. The van der Waals surface area contributed by atoms with E-state index >= 15 is 0 Å². The highest BCUT2D eigenvalue weighted by Gasteiger charge is 2.12. The maximum Gasteiger partial charge on any atom is 0.121 e. The molecule has 4 heteroatoms. The third kappa shape index (κ3) is 4.13. The average Bonchev–Trinajstić information content (AvgIpc) is 2.46. The topological polar surface area (TPSA) is 38.5 Å². The van der Waals surface area contributed by atoms with Crippen molar-refractivity contribution in [1.29, 1.82) is 0 Å². The Morgan fingerprint density at radius 3 is 2.48 bits per heavy atom. The molecule has 0 aliphatic rings. The summed E-state index contributed by atoms with van der Waals surface area (Å²) < 4.78 is 5.26. The molecule has 0 aromatic heterocycles. The second kappa shape index (κ2) is 6.83. The Kier molecular flexibility index (Phi) is 5.10. The van der Waals surface area contributed by atoms with E-state index < -0.39 is 0 Å². The number of anilines is 1. The summed E-state index contributed by atoms with van der Waals surface area (Å²) >= 11 is 5.94. The molecule has 2 rings (SSSR count). The number of hydrogen-bond donors (Lipinski definition) is 1. The van der Waals surface area contributed by atoms with Crippen LogP contribution in [-0.4, -0.2) is 19.1 Å². The van der Waals surface area contributed by atoms with Gasteiger partial charge in [0.15, 0.2) is 0 Å². The van der Waals surface area contributed by atoms with Crippen LogP contribution in [0.2, 0.25) is 5.02 Å². The van der Waals surface area contributed by atoms with Crippen LogP contribution in [-0.2, 0) is 6.54 Å². The third-order valence-electron chi connectivity index (χ3n) is 3.67. The van der Waals surface area contributed by atoms with Gasteiger partial charge in [0.2, 0.25) is 0 Å². The molecule has 0 radical (unpaired) electrons. The molecular weight excluding hydrogens is 284 g/mol. The Hall–Kier alpha value is -1.71. The minimum Gasteiger partial charge on any atom is -0.497 e. The lowest BCUT2D eigenvalue weighted by Gasteiger charge is -2.25. The number of nitrogens with zero attached hydrogens (tertiary/aromatic N) is 1. The maximum atomic E-state index is 5.94. The summed E-state index contributed by atoms with van der Waals surface area (Å²) in [5, 5.41) is 0.758. The highest BCUT2D eigenvalue weighted by Crippen LogP contribution is 2.24. The van der Waals surface area contributed by atoms with E-state index in [4.69, 9.17) is 22.1 Å². The fourth-order valence-corrected chi connectivity index (χ4v) is 2.44. The first-order valence-electron chi connectivity index (χ1n) is 6.88. The van der Waals surface area contributed by atoms with Crippen molar-refractivity contribution < 1.29 is 4.74 Å². The first kappa shape index (κ1) is 15.7. The largest absolute Gasteiger partial charge is 0.497 e. The highest BCUT2D eigenvalue weighted by atomic mass is 35.5.